The van der Waals surface area contributed by atoms with Crippen LogP contribution >= 0.6 is 0 Å². The third-order valence-electron chi connectivity index (χ3n) is 5.13. The van der Waals surface area contributed by atoms with E-state index in [1.54, 1.807) is 48.3 Å². The van der Waals surface area contributed by atoms with Crippen molar-refractivity contribution in [3.05, 3.63) is 59.7 Å². The van der Waals surface area contributed by atoms with E-state index in [4.69, 9.17) is 14.6 Å². The number of nitrogens with two attached hydrogens (primary N) is 1. The molecule has 1 saturated heterocycles. The monoisotopic (exact) mass is 418 g/mol. The number of hydrogen-bond donors (Lipinski definition) is 1. The summed E-state index contributed by atoms with van der Waals surface area (Å²) in [6, 6.07) is 12.9. The van der Waals surface area contributed by atoms with Gasteiger partial charge in [0.1, 0.15) is 12.4 Å². The van der Waals surface area contributed by atoms with Gasteiger partial charge in [-0.25, -0.2) is 13.6 Å². The lowest BCUT2D eigenvalue weighted by atomic mass is 10.1. The molecular weight excluding hydrogens is 392 g/mol. The van der Waals surface area contributed by atoms with Crippen LogP contribution in [0, 0.1) is 0 Å². The van der Waals surface area contributed by atoms with Gasteiger partial charge in [0, 0.05) is 19.2 Å². The van der Waals surface area contributed by atoms with E-state index in [-0.39, 0.29) is 22.9 Å². The number of amides is 1. The van der Waals surface area contributed by atoms with E-state index in [1.807, 2.05) is 6.92 Å². The summed E-state index contributed by atoms with van der Waals surface area (Å²) < 4.78 is 34.4. The second kappa shape index (κ2) is 8.94. The summed E-state index contributed by atoms with van der Waals surface area (Å²) in [5.41, 5.74) is 1.20. The molecule has 156 valence electrons. The molecule has 0 spiro atoms. The minimum absolute atomic E-state index is 0.0236. The average molecular weight is 419 g/mol. The minimum Gasteiger partial charge on any atom is -0.491 e. The van der Waals surface area contributed by atoms with Crippen LogP contribution in [-0.2, 0) is 14.8 Å². The molecule has 7 nitrogen and oxygen atoms in total. The highest BCUT2D eigenvalue weighted by Gasteiger charge is 2.21. The van der Waals surface area contributed by atoms with Crippen molar-refractivity contribution in [2.24, 2.45) is 5.14 Å². The summed E-state index contributed by atoms with van der Waals surface area (Å²) in [4.78, 5) is 14.4. The zero-order chi connectivity index (χ0) is 21.0. The first kappa shape index (κ1) is 21.3. The van der Waals surface area contributed by atoms with Crippen molar-refractivity contribution in [3.63, 3.8) is 0 Å². The summed E-state index contributed by atoms with van der Waals surface area (Å²) in [5.74, 6) is 0.512. The maximum absolute atomic E-state index is 12.8. The molecule has 2 unspecified atom stereocenters. The average Bonchev–Trinajstić information content (AvgIpc) is 3.24. The highest BCUT2D eigenvalue weighted by molar-refractivity contribution is 7.89. The number of carbonyl (C=O) groups is 1. The summed E-state index contributed by atoms with van der Waals surface area (Å²) in [6.07, 6.45) is 2.20. The molecule has 2 N–H and O–H groups in total. The molecule has 1 amide bonds. The quantitative estimate of drug-likeness (QED) is 0.745. The maximum Gasteiger partial charge on any atom is 0.254 e. The summed E-state index contributed by atoms with van der Waals surface area (Å²) in [6.45, 7) is 3.12. The summed E-state index contributed by atoms with van der Waals surface area (Å²) in [5, 5.41) is 5.20. The topological polar surface area (TPSA) is 98.9 Å². The molecule has 0 saturated carbocycles. The van der Waals surface area contributed by atoms with E-state index in [1.165, 1.54) is 12.1 Å². The van der Waals surface area contributed by atoms with Crippen molar-refractivity contribution >= 4 is 15.9 Å². The fraction of sp³-hybridized carbons (Fsp3) is 0.381. The van der Waals surface area contributed by atoms with Crippen LogP contribution in [0.4, 0.5) is 0 Å². The molecule has 8 heteroatoms. The molecule has 3 rings (SSSR count). The highest BCUT2D eigenvalue weighted by Crippen LogP contribution is 2.24. The molecule has 0 radical (unpaired) electrons. The largest absolute Gasteiger partial charge is 0.491 e. The Hall–Kier alpha value is -2.42. The Morgan fingerprint density at radius 3 is 2.62 bits per heavy atom. The van der Waals surface area contributed by atoms with E-state index >= 15 is 0 Å². The van der Waals surface area contributed by atoms with Gasteiger partial charge in [-0.15, -0.1) is 0 Å². The Morgan fingerprint density at radius 2 is 2.00 bits per heavy atom. The zero-order valence-corrected chi connectivity index (χ0v) is 17.4. The Kier molecular flexibility index (Phi) is 6.56. The van der Waals surface area contributed by atoms with Crippen molar-refractivity contribution in [1.82, 2.24) is 4.90 Å². The van der Waals surface area contributed by atoms with Crippen molar-refractivity contribution in [3.8, 4) is 5.75 Å². The molecular formula is C21H26N2O5S. The van der Waals surface area contributed by atoms with Crippen LogP contribution < -0.4 is 9.88 Å². The summed E-state index contributed by atoms with van der Waals surface area (Å²) in [7, 11) is -2.12. The van der Waals surface area contributed by atoms with Crippen LogP contribution in [0.5, 0.6) is 5.75 Å². The minimum atomic E-state index is -3.80. The van der Waals surface area contributed by atoms with Crippen molar-refractivity contribution in [2.45, 2.75) is 36.8 Å². The molecule has 1 aliphatic rings. The number of ether oxygens (including phenoxy) is 2. The fourth-order valence-corrected chi connectivity index (χ4v) is 3.78. The van der Waals surface area contributed by atoms with Gasteiger partial charge in [-0.05, 0) is 61.7 Å². The first-order valence-electron chi connectivity index (χ1n) is 9.50. The van der Waals surface area contributed by atoms with E-state index in [9.17, 15) is 13.2 Å². The van der Waals surface area contributed by atoms with Crippen LogP contribution in [0.15, 0.2) is 53.4 Å². The number of sulfonamides is 1. The van der Waals surface area contributed by atoms with Gasteiger partial charge in [0.2, 0.25) is 10.0 Å². The van der Waals surface area contributed by atoms with E-state index in [0.717, 1.165) is 19.4 Å². The van der Waals surface area contributed by atoms with Gasteiger partial charge in [0.25, 0.3) is 5.91 Å². The molecule has 1 aliphatic heterocycles. The molecule has 0 bridgehead atoms. The normalized spacial score (nSPS) is 17.7. The second-order valence-electron chi connectivity index (χ2n) is 7.18. The van der Waals surface area contributed by atoms with E-state index in [0.29, 0.717) is 23.5 Å². The SMILES string of the molecule is CC(c1cccc(S(N)(=O)=O)c1)N(C)C(=O)c1ccc(OCC2CCCO2)cc1. The lowest BCUT2D eigenvalue weighted by Crippen LogP contribution is -2.29. The van der Waals surface area contributed by atoms with E-state index in [2.05, 4.69) is 0 Å². The third-order valence-corrected chi connectivity index (χ3v) is 6.04. The fourth-order valence-electron chi connectivity index (χ4n) is 3.21. The zero-order valence-electron chi connectivity index (χ0n) is 16.6. The van der Waals surface area contributed by atoms with Crippen LogP contribution in [-0.4, -0.2) is 45.6 Å². The van der Waals surface area contributed by atoms with Crippen LogP contribution in [0.3, 0.4) is 0 Å². The molecule has 2 aromatic rings. The Bertz CT molecular complexity index is 953. The van der Waals surface area contributed by atoms with Gasteiger partial charge in [-0.3, -0.25) is 4.79 Å². The number of nitrogens with zero attached hydrogens (tertiary/aromatic N) is 1. The number of hydrogen-bond acceptors (Lipinski definition) is 5. The molecule has 2 atom stereocenters. The Labute approximate surface area is 171 Å². The lowest BCUT2D eigenvalue weighted by Gasteiger charge is -2.26. The van der Waals surface area contributed by atoms with Gasteiger partial charge >= 0.3 is 0 Å². The van der Waals surface area contributed by atoms with Crippen molar-refractivity contribution < 1.29 is 22.7 Å². The predicted octanol–water partition coefficient (Wildman–Crippen LogP) is 2.73. The highest BCUT2D eigenvalue weighted by atomic mass is 32.2. The number of carbonyl (C=O) groups excluding carboxylic acids is 1. The Morgan fingerprint density at radius 1 is 1.28 bits per heavy atom. The number of primary sulfonamides is 1. The Balaban J connectivity index is 1.66. The first-order valence-corrected chi connectivity index (χ1v) is 11.0. The number of rotatable bonds is 7. The molecule has 1 fully saturated rings. The van der Waals surface area contributed by atoms with Gasteiger partial charge in [0.15, 0.2) is 0 Å². The molecule has 1 heterocycles. The molecule has 29 heavy (non-hydrogen) atoms. The first-order chi connectivity index (χ1) is 13.8. The predicted molar refractivity (Wildman–Crippen MR) is 109 cm³/mol. The van der Waals surface area contributed by atoms with Gasteiger partial charge in [0.05, 0.1) is 17.0 Å². The maximum atomic E-state index is 12.8. The number of benzene rings is 2. The second-order valence-corrected chi connectivity index (χ2v) is 8.74. The van der Waals surface area contributed by atoms with Gasteiger partial charge in [-0.2, -0.15) is 0 Å². The molecule has 0 aromatic heterocycles. The van der Waals surface area contributed by atoms with Gasteiger partial charge in [-0.1, -0.05) is 12.1 Å². The molecule has 2 aromatic carbocycles. The van der Waals surface area contributed by atoms with E-state index < -0.39 is 10.0 Å². The van der Waals surface area contributed by atoms with Crippen LogP contribution in [0.1, 0.15) is 41.7 Å². The standard InChI is InChI=1S/C21H26N2O5S/c1-15(17-5-3-7-20(13-17)29(22,25)26)23(2)21(24)16-8-10-18(11-9-16)28-14-19-6-4-12-27-19/h3,5,7-11,13,15,19H,4,6,12,14H2,1-2H3,(H2,22,25,26). The lowest BCUT2D eigenvalue weighted by molar-refractivity contribution is 0.0678. The van der Waals surface area contributed by atoms with Gasteiger partial charge < -0.3 is 14.4 Å². The van der Waals surface area contributed by atoms with Crippen molar-refractivity contribution in [1.29, 1.82) is 0 Å². The third kappa shape index (κ3) is 5.35. The molecule has 0 aliphatic carbocycles. The smallest absolute Gasteiger partial charge is 0.254 e. The van der Waals surface area contributed by atoms with Crippen LogP contribution in [0.25, 0.3) is 0 Å². The van der Waals surface area contributed by atoms with Crippen LogP contribution in [0.2, 0.25) is 0 Å². The van der Waals surface area contributed by atoms with Crippen molar-refractivity contribution in [2.75, 3.05) is 20.3 Å². The summed E-state index contributed by atoms with van der Waals surface area (Å²) >= 11 is 0.